The number of aromatic amines is 1. The van der Waals surface area contributed by atoms with Crippen LogP contribution in [0.15, 0.2) is 9.95 Å². The van der Waals surface area contributed by atoms with E-state index in [0.717, 1.165) is 10.9 Å². The standard InChI is InChI=1S/C9H13N5O2S/c1-14-6-5(7(15)13-8(10)12-6)11-9(14)17-4-3-16-2/h3-4H2,1-2H3,(H3,10,12,13,15). The van der Waals surface area contributed by atoms with E-state index in [0.29, 0.717) is 17.8 Å². The lowest BCUT2D eigenvalue weighted by molar-refractivity contribution is 0.218. The molecule has 0 aliphatic heterocycles. The van der Waals surface area contributed by atoms with E-state index in [4.69, 9.17) is 10.5 Å². The van der Waals surface area contributed by atoms with Gasteiger partial charge < -0.3 is 15.0 Å². The molecule has 2 aromatic heterocycles. The van der Waals surface area contributed by atoms with E-state index in [1.54, 1.807) is 18.7 Å². The summed E-state index contributed by atoms with van der Waals surface area (Å²) in [5.41, 5.74) is 5.97. The van der Waals surface area contributed by atoms with Gasteiger partial charge in [-0.25, -0.2) is 4.98 Å². The number of nitrogens with two attached hydrogens (primary N) is 1. The van der Waals surface area contributed by atoms with Crippen molar-refractivity contribution in [2.75, 3.05) is 25.2 Å². The topological polar surface area (TPSA) is 98.8 Å². The molecule has 0 atom stereocenters. The van der Waals surface area contributed by atoms with Crippen molar-refractivity contribution in [2.45, 2.75) is 5.16 Å². The van der Waals surface area contributed by atoms with Gasteiger partial charge in [0.1, 0.15) is 0 Å². The molecule has 2 heterocycles. The lowest BCUT2D eigenvalue weighted by Gasteiger charge is -2.00. The molecule has 8 heteroatoms. The average Bonchev–Trinajstić information content (AvgIpc) is 2.58. The molecule has 3 N–H and O–H groups in total. The van der Waals surface area contributed by atoms with Crippen LogP contribution in [-0.4, -0.2) is 39.0 Å². The first-order chi connectivity index (χ1) is 8.13. The minimum Gasteiger partial charge on any atom is -0.384 e. The largest absolute Gasteiger partial charge is 0.384 e. The SMILES string of the molecule is COCCSc1nc2c(=O)[nH]c(N)nc2n1C. The Bertz CT molecular complexity index is 591. The molecule has 0 aromatic carbocycles. The highest BCUT2D eigenvalue weighted by Crippen LogP contribution is 2.19. The number of fused-ring (bicyclic) bond motifs is 1. The van der Waals surface area contributed by atoms with Crippen molar-refractivity contribution in [2.24, 2.45) is 7.05 Å². The number of aromatic nitrogens is 4. The maximum Gasteiger partial charge on any atom is 0.280 e. The summed E-state index contributed by atoms with van der Waals surface area (Å²) >= 11 is 1.51. The van der Waals surface area contributed by atoms with Crippen LogP contribution in [0.4, 0.5) is 5.95 Å². The van der Waals surface area contributed by atoms with Crippen molar-refractivity contribution < 1.29 is 4.74 Å². The van der Waals surface area contributed by atoms with Crippen molar-refractivity contribution in [3.8, 4) is 0 Å². The zero-order valence-corrected chi connectivity index (χ0v) is 10.4. The smallest absolute Gasteiger partial charge is 0.280 e. The van der Waals surface area contributed by atoms with Crippen LogP contribution in [0.2, 0.25) is 0 Å². The van der Waals surface area contributed by atoms with Crippen molar-refractivity contribution in [1.82, 2.24) is 19.5 Å². The van der Waals surface area contributed by atoms with Gasteiger partial charge in [0, 0.05) is 19.9 Å². The van der Waals surface area contributed by atoms with Gasteiger partial charge in [0.2, 0.25) is 5.95 Å². The van der Waals surface area contributed by atoms with Crippen LogP contribution < -0.4 is 11.3 Å². The summed E-state index contributed by atoms with van der Waals surface area (Å²) in [4.78, 5) is 22.3. The van der Waals surface area contributed by atoms with Gasteiger partial charge in [-0.1, -0.05) is 11.8 Å². The van der Waals surface area contributed by atoms with Gasteiger partial charge in [-0.15, -0.1) is 0 Å². The number of thioether (sulfide) groups is 1. The number of methoxy groups -OCH3 is 1. The first kappa shape index (κ1) is 11.9. The van der Waals surface area contributed by atoms with Crippen LogP contribution in [0.1, 0.15) is 0 Å². The number of imidazole rings is 1. The number of rotatable bonds is 4. The Morgan fingerprint density at radius 3 is 3.00 bits per heavy atom. The van der Waals surface area contributed by atoms with E-state index < -0.39 is 0 Å². The van der Waals surface area contributed by atoms with E-state index in [2.05, 4.69) is 15.0 Å². The predicted molar refractivity (Wildman–Crippen MR) is 66.1 cm³/mol. The monoisotopic (exact) mass is 255 g/mol. The quantitative estimate of drug-likeness (QED) is 0.588. The number of hydrogen-bond acceptors (Lipinski definition) is 6. The van der Waals surface area contributed by atoms with Crippen LogP contribution in [0.5, 0.6) is 0 Å². The molecule has 7 nitrogen and oxygen atoms in total. The van der Waals surface area contributed by atoms with E-state index in [1.807, 2.05) is 0 Å². The normalized spacial score (nSPS) is 11.2. The Kier molecular flexibility index (Phi) is 3.34. The molecule has 0 radical (unpaired) electrons. The number of nitrogens with zero attached hydrogens (tertiary/aromatic N) is 3. The number of nitrogens with one attached hydrogen (secondary N) is 1. The minimum atomic E-state index is -0.318. The van der Waals surface area contributed by atoms with E-state index in [9.17, 15) is 4.79 Å². The van der Waals surface area contributed by atoms with Gasteiger partial charge in [-0.2, -0.15) is 4.98 Å². The van der Waals surface area contributed by atoms with Crippen molar-refractivity contribution >= 4 is 28.9 Å². The van der Waals surface area contributed by atoms with Gasteiger partial charge in [-0.05, 0) is 0 Å². The molecular formula is C9H13N5O2S. The van der Waals surface area contributed by atoms with Gasteiger partial charge in [0.15, 0.2) is 16.3 Å². The number of ether oxygens (including phenoxy) is 1. The second kappa shape index (κ2) is 4.76. The molecule has 0 bridgehead atoms. The third kappa shape index (κ3) is 2.27. The molecule has 0 unspecified atom stereocenters. The number of hydrogen-bond donors (Lipinski definition) is 2. The van der Waals surface area contributed by atoms with Gasteiger partial charge in [0.25, 0.3) is 5.56 Å². The number of aryl methyl sites for hydroxylation is 1. The third-order valence-corrected chi connectivity index (χ3v) is 3.22. The second-order valence-corrected chi connectivity index (χ2v) is 4.48. The average molecular weight is 255 g/mol. The molecule has 17 heavy (non-hydrogen) atoms. The lowest BCUT2D eigenvalue weighted by Crippen LogP contribution is -2.11. The third-order valence-electron chi connectivity index (χ3n) is 2.23. The summed E-state index contributed by atoms with van der Waals surface area (Å²) in [6.45, 7) is 0.625. The van der Waals surface area contributed by atoms with Crippen molar-refractivity contribution in [3.63, 3.8) is 0 Å². The summed E-state index contributed by atoms with van der Waals surface area (Å²) in [6.07, 6.45) is 0. The number of nitrogen functional groups attached to an aromatic ring is 1. The van der Waals surface area contributed by atoms with Gasteiger partial charge in [-0.3, -0.25) is 9.78 Å². The summed E-state index contributed by atoms with van der Waals surface area (Å²) in [5, 5.41) is 0.723. The second-order valence-electron chi connectivity index (χ2n) is 3.42. The van der Waals surface area contributed by atoms with Crippen LogP contribution >= 0.6 is 11.8 Å². The number of anilines is 1. The van der Waals surface area contributed by atoms with E-state index >= 15 is 0 Å². The molecule has 2 aromatic rings. The van der Waals surface area contributed by atoms with Gasteiger partial charge >= 0.3 is 0 Å². The molecule has 0 fully saturated rings. The summed E-state index contributed by atoms with van der Waals surface area (Å²) in [7, 11) is 3.44. The molecule has 0 amide bonds. The molecule has 2 rings (SSSR count). The van der Waals surface area contributed by atoms with E-state index in [-0.39, 0.29) is 11.5 Å². The van der Waals surface area contributed by atoms with Crippen molar-refractivity contribution in [3.05, 3.63) is 10.4 Å². The van der Waals surface area contributed by atoms with Crippen LogP contribution in [0.25, 0.3) is 11.2 Å². The fourth-order valence-corrected chi connectivity index (χ4v) is 2.28. The molecule has 0 spiro atoms. The molecule has 0 aliphatic carbocycles. The predicted octanol–water partition coefficient (Wildman–Crippen LogP) is -0.0227. The molecule has 0 saturated carbocycles. The molecule has 0 aliphatic rings. The Hall–Kier alpha value is -1.54. The Morgan fingerprint density at radius 1 is 1.53 bits per heavy atom. The molecule has 92 valence electrons. The van der Waals surface area contributed by atoms with Crippen LogP contribution in [0.3, 0.4) is 0 Å². The first-order valence-electron chi connectivity index (χ1n) is 4.97. The summed E-state index contributed by atoms with van der Waals surface area (Å²) in [6, 6.07) is 0. The maximum atomic E-state index is 11.6. The highest BCUT2D eigenvalue weighted by Gasteiger charge is 2.12. The lowest BCUT2D eigenvalue weighted by atomic mass is 10.5. The van der Waals surface area contributed by atoms with E-state index in [1.165, 1.54) is 11.8 Å². The summed E-state index contributed by atoms with van der Waals surface area (Å²) in [5.74, 6) is 0.861. The first-order valence-corrected chi connectivity index (χ1v) is 5.96. The maximum absolute atomic E-state index is 11.6. The number of H-pyrrole nitrogens is 1. The minimum absolute atomic E-state index is 0.0962. The molecular weight excluding hydrogens is 242 g/mol. The zero-order chi connectivity index (χ0) is 12.4. The summed E-state index contributed by atoms with van der Waals surface area (Å²) < 4.78 is 6.71. The Labute approximate surface area is 101 Å². The Balaban J connectivity index is 2.42. The molecule has 0 saturated heterocycles. The Morgan fingerprint density at radius 2 is 2.29 bits per heavy atom. The van der Waals surface area contributed by atoms with Crippen LogP contribution in [-0.2, 0) is 11.8 Å². The highest BCUT2D eigenvalue weighted by molar-refractivity contribution is 7.99. The highest BCUT2D eigenvalue weighted by atomic mass is 32.2. The van der Waals surface area contributed by atoms with Crippen molar-refractivity contribution in [1.29, 1.82) is 0 Å². The zero-order valence-electron chi connectivity index (χ0n) is 9.56. The fourth-order valence-electron chi connectivity index (χ4n) is 1.41. The van der Waals surface area contributed by atoms with Crippen LogP contribution in [0, 0.1) is 0 Å². The van der Waals surface area contributed by atoms with Gasteiger partial charge in [0.05, 0.1) is 6.61 Å². The fraction of sp³-hybridized carbons (Fsp3) is 0.444.